The molecule has 5 N–H and O–H groups in total. The highest BCUT2D eigenvalue weighted by atomic mass is 16.4. The van der Waals surface area contributed by atoms with Crippen LogP contribution in [0, 0.1) is 0 Å². The van der Waals surface area contributed by atoms with Crippen LogP contribution in [-0.2, 0) is 9.59 Å². The molecule has 0 saturated carbocycles. The molecule has 0 atom stereocenters. The van der Waals surface area contributed by atoms with Gasteiger partial charge in [0.05, 0.1) is 0 Å². The highest BCUT2D eigenvalue weighted by Crippen LogP contribution is 2.26. The molecule has 6 heteroatoms. The summed E-state index contributed by atoms with van der Waals surface area (Å²) in [7, 11) is 0. The normalized spacial score (nSPS) is 21.5. The van der Waals surface area contributed by atoms with Crippen LogP contribution < -0.4 is 11.1 Å². The first-order valence-electron chi connectivity index (χ1n) is 6.12. The highest BCUT2D eigenvalue weighted by Gasteiger charge is 2.35. The summed E-state index contributed by atoms with van der Waals surface area (Å²) in [5.41, 5.74) is 6.36. The second-order valence-electron chi connectivity index (χ2n) is 6.07. The van der Waals surface area contributed by atoms with Gasteiger partial charge in [0.1, 0.15) is 0 Å². The predicted octanol–water partition coefficient (Wildman–Crippen LogP) is 0.966. The van der Waals surface area contributed by atoms with Gasteiger partial charge in [0, 0.05) is 29.3 Å². The third-order valence-corrected chi connectivity index (χ3v) is 2.59. The number of nitrogens with two attached hydrogens (primary N) is 1. The van der Waals surface area contributed by atoms with E-state index in [-0.39, 0.29) is 11.1 Å². The van der Waals surface area contributed by atoms with Crippen molar-refractivity contribution in [2.75, 3.05) is 0 Å². The second-order valence-corrected chi connectivity index (χ2v) is 6.07. The van der Waals surface area contributed by atoms with Crippen LogP contribution in [0.3, 0.4) is 0 Å². The molecule has 6 nitrogen and oxygen atoms in total. The summed E-state index contributed by atoms with van der Waals surface area (Å²) < 4.78 is 0. The lowest BCUT2D eigenvalue weighted by Crippen LogP contribution is -2.60. The fourth-order valence-corrected chi connectivity index (χ4v) is 2.54. The Morgan fingerprint density at radius 3 is 1.58 bits per heavy atom. The maximum atomic E-state index is 9.55. The van der Waals surface area contributed by atoms with E-state index in [2.05, 4.69) is 33.0 Å². The fourth-order valence-electron chi connectivity index (χ4n) is 2.54. The van der Waals surface area contributed by atoms with Gasteiger partial charge in [0.15, 0.2) is 0 Å². The largest absolute Gasteiger partial charge is 0.478 e. The zero-order valence-corrected chi connectivity index (χ0v) is 11.9. The number of piperidine rings is 1. The third-order valence-electron chi connectivity index (χ3n) is 2.59. The summed E-state index contributed by atoms with van der Waals surface area (Å²) in [6, 6.07) is 0.362. The molecule has 0 aromatic heterocycles. The molecule has 1 aliphatic heterocycles. The number of hydrogen-bond donors (Lipinski definition) is 4. The molecule has 0 unspecified atom stereocenters. The molecule has 0 amide bonds. The lowest BCUT2D eigenvalue weighted by atomic mass is 9.80. The summed E-state index contributed by atoms with van der Waals surface area (Å²) in [4.78, 5) is 19.1. The summed E-state index contributed by atoms with van der Waals surface area (Å²) in [5, 5.41) is 19.2. The van der Waals surface area contributed by atoms with E-state index >= 15 is 0 Å². The first-order valence-corrected chi connectivity index (χ1v) is 6.12. The van der Waals surface area contributed by atoms with Crippen molar-refractivity contribution in [2.45, 2.75) is 57.7 Å². The lowest BCUT2D eigenvalue weighted by Gasteiger charge is -2.45. The Bertz CT molecular complexity index is 330. The van der Waals surface area contributed by atoms with Crippen LogP contribution >= 0.6 is 0 Å². The van der Waals surface area contributed by atoms with Crippen molar-refractivity contribution >= 4 is 11.9 Å². The molecule has 1 heterocycles. The molecule has 1 saturated heterocycles. The first kappa shape index (κ1) is 17.6. The number of rotatable bonds is 2. The number of carboxylic acids is 2. The molecule has 0 aromatic carbocycles. The van der Waals surface area contributed by atoms with Gasteiger partial charge in [-0.25, -0.2) is 9.59 Å². The van der Waals surface area contributed by atoms with Crippen LogP contribution in [0.15, 0.2) is 12.2 Å². The summed E-state index contributed by atoms with van der Waals surface area (Å²) in [5.74, 6) is -2.51. The zero-order chi connectivity index (χ0) is 15.3. The van der Waals surface area contributed by atoms with E-state index in [1.54, 1.807) is 0 Å². The van der Waals surface area contributed by atoms with E-state index in [9.17, 15) is 9.59 Å². The van der Waals surface area contributed by atoms with Crippen LogP contribution in [0.1, 0.15) is 40.5 Å². The molecule has 0 aliphatic carbocycles. The molecule has 0 aromatic rings. The molecule has 110 valence electrons. The third kappa shape index (κ3) is 9.21. The molecule has 0 spiro atoms. The van der Waals surface area contributed by atoms with Gasteiger partial charge in [-0.3, -0.25) is 0 Å². The minimum absolute atomic E-state index is 0.209. The van der Waals surface area contributed by atoms with Gasteiger partial charge < -0.3 is 21.3 Å². The molecule has 1 rings (SSSR count). The Kier molecular flexibility index (Phi) is 6.18. The van der Waals surface area contributed by atoms with E-state index in [1.165, 1.54) is 0 Å². The van der Waals surface area contributed by atoms with Crippen LogP contribution in [0.2, 0.25) is 0 Å². The number of carbonyl (C=O) groups is 2. The van der Waals surface area contributed by atoms with Crippen molar-refractivity contribution in [1.29, 1.82) is 0 Å². The van der Waals surface area contributed by atoms with Gasteiger partial charge in [-0.1, -0.05) is 0 Å². The Morgan fingerprint density at radius 1 is 1.05 bits per heavy atom. The predicted molar refractivity (Wildman–Crippen MR) is 72.9 cm³/mol. The molecule has 19 heavy (non-hydrogen) atoms. The Labute approximate surface area is 113 Å². The summed E-state index contributed by atoms with van der Waals surface area (Å²) in [6.45, 7) is 8.86. The van der Waals surface area contributed by atoms with Crippen molar-refractivity contribution in [3.63, 3.8) is 0 Å². The van der Waals surface area contributed by atoms with Gasteiger partial charge in [0.25, 0.3) is 0 Å². The van der Waals surface area contributed by atoms with Crippen LogP contribution in [0.5, 0.6) is 0 Å². The van der Waals surface area contributed by atoms with Gasteiger partial charge in [0.2, 0.25) is 0 Å². The van der Waals surface area contributed by atoms with Crippen LogP contribution in [0.25, 0.3) is 0 Å². The molecule has 1 fully saturated rings. The Morgan fingerprint density at radius 2 is 1.37 bits per heavy atom. The smallest absolute Gasteiger partial charge is 0.328 e. The SMILES string of the molecule is CC1(C)CC(N)CC(C)(C)N1.O=C(O)/C=C\C(=O)O. The van der Waals surface area contributed by atoms with Crippen molar-refractivity contribution in [3.05, 3.63) is 12.2 Å². The van der Waals surface area contributed by atoms with E-state index < -0.39 is 11.9 Å². The monoisotopic (exact) mass is 272 g/mol. The zero-order valence-electron chi connectivity index (χ0n) is 11.9. The second kappa shape index (κ2) is 6.68. The Balaban J connectivity index is 0.000000362. The molecular weight excluding hydrogens is 248 g/mol. The van der Waals surface area contributed by atoms with Crippen LogP contribution in [0.4, 0.5) is 0 Å². The van der Waals surface area contributed by atoms with Gasteiger partial charge in [-0.2, -0.15) is 0 Å². The first-order chi connectivity index (χ1) is 8.43. The molecular formula is C13H24N2O4. The number of nitrogens with one attached hydrogen (secondary N) is 1. The van der Waals surface area contributed by atoms with Crippen LogP contribution in [-0.4, -0.2) is 39.3 Å². The standard InChI is InChI=1S/C9H20N2.C4H4O4/c1-8(2)5-7(10)6-9(3,4)11-8;5-3(6)1-2-4(7)8/h7,11H,5-6,10H2,1-4H3;1-2H,(H,5,6)(H,7,8)/b;2-1-. The van der Waals surface area contributed by atoms with Crippen molar-refractivity contribution in [3.8, 4) is 0 Å². The van der Waals surface area contributed by atoms with Crippen molar-refractivity contribution < 1.29 is 19.8 Å². The quantitative estimate of drug-likeness (QED) is 0.557. The lowest BCUT2D eigenvalue weighted by molar-refractivity contribution is -0.134. The van der Waals surface area contributed by atoms with Gasteiger partial charge in [-0.05, 0) is 40.5 Å². The number of aliphatic carboxylic acids is 2. The fraction of sp³-hybridized carbons (Fsp3) is 0.692. The average molecular weight is 272 g/mol. The van der Waals surface area contributed by atoms with Crippen molar-refractivity contribution in [2.24, 2.45) is 5.73 Å². The van der Waals surface area contributed by atoms with E-state index in [0.29, 0.717) is 18.2 Å². The highest BCUT2D eigenvalue weighted by molar-refractivity contribution is 5.89. The van der Waals surface area contributed by atoms with E-state index in [4.69, 9.17) is 15.9 Å². The number of carboxylic acid groups (broad SMARTS) is 2. The maximum absolute atomic E-state index is 9.55. The van der Waals surface area contributed by atoms with E-state index in [0.717, 1.165) is 12.8 Å². The summed E-state index contributed by atoms with van der Waals surface area (Å²) >= 11 is 0. The maximum Gasteiger partial charge on any atom is 0.328 e. The topological polar surface area (TPSA) is 113 Å². The molecule has 0 radical (unpaired) electrons. The van der Waals surface area contributed by atoms with Gasteiger partial charge in [-0.15, -0.1) is 0 Å². The minimum atomic E-state index is -1.26. The molecule has 1 aliphatic rings. The Hall–Kier alpha value is -1.40. The summed E-state index contributed by atoms with van der Waals surface area (Å²) in [6.07, 6.45) is 3.28. The van der Waals surface area contributed by atoms with Gasteiger partial charge >= 0.3 is 11.9 Å². The van der Waals surface area contributed by atoms with Crippen molar-refractivity contribution in [1.82, 2.24) is 5.32 Å². The molecule has 0 bridgehead atoms. The van der Waals surface area contributed by atoms with E-state index in [1.807, 2.05) is 0 Å². The average Bonchev–Trinajstić information content (AvgIpc) is 2.09. The minimum Gasteiger partial charge on any atom is -0.478 e. The number of hydrogen-bond acceptors (Lipinski definition) is 4.